The van der Waals surface area contributed by atoms with Gasteiger partial charge in [-0.3, -0.25) is 28.8 Å². The lowest BCUT2D eigenvalue weighted by atomic mass is 9.90. The van der Waals surface area contributed by atoms with Crippen LogP contribution < -0.4 is 21.7 Å². The van der Waals surface area contributed by atoms with Crippen molar-refractivity contribution in [2.45, 2.75) is 128 Å². The van der Waals surface area contributed by atoms with Gasteiger partial charge in [-0.1, -0.05) is 55.8 Å². The van der Waals surface area contributed by atoms with Crippen molar-refractivity contribution in [1.29, 1.82) is 0 Å². The number of hydrogen-bond acceptors (Lipinski definition) is 25. The van der Waals surface area contributed by atoms with E-state index in [0.717, 1.165) is 34.0 Å². The van der Waals surface area contributed by atoms with Gasteiger partial charge in [-0.05, 0) is 75.9 Å². The first-order valence-electron chi connectivity index (χ1n) is 30.3. The number of alkyl carbamates (subject to hydrolysis) is 1. The molecule has 2 aliphatic rings. The highest BCUT2D eigenvalue weighted by Gasteiger charge is 2.46. The Morgan fingerprint density at radius 3 is 2.15 bits per heavy atom. The zero-order valence-corrected chi connectivity index (χ0v) is 56.9. The molecular weight excluding hydrogens is 1330 g/mol. The van der Waals surface area contributed by atoms with Crippen molar-refractivity contribution in [2.75, 3.05) is 13.1 Å². The maximum Gasteiger partial charge on any atom is 0.407 e. The number of aliphatic hydroxyl groups is 2. The number of aliphatic hydroxyl groups excluding tert-OH is 2. The number of fused-ring (bicyclic) bond motifs is 16. The first-order chi connectivity index (χ1) is 45.5. The molecule has 10 bridgehead atoms. The van der Waals surface area contributed by atoms with Gasteiger partial charge in [-0.25, -0.2) is 39.7 Å². The SMILES string of the molecule is Cc1sc2nc1C(=O)C[C@@H]([C@H](O)c1ccccc1)c1nc(cs1)C(=O)N[C@@H](Cc1ccc(O)cc1)C(=O)N1C[C@H](O)[C@H](C)[C@H]1c1nc(cs1)-c1nc(cs1)-c1nc(-c3nc(COC(=O)NCCCCCC(=O)OC(C)(C)C)cs3)ccc1-c1nc(cs1)C(=O)N[C@H]2CC(N)=O. The van der Waals surface area contributed by atoms with E-state index >= 15 is 4.79 Å². The normalized spacial score (nSPS) is 18.9. The van der Waals surface area contributed by atoms with Crippen molar-refractivity contribution in [2.24, 2.45) is 11.7 Å². The highest BCUT2D eigenvalue weighted by atomic mass is 32.1. The largest absolute Gasteiger partial charge is 0.508 e. The van der Waals surface area contributed by atoms with Gasteiger partial charge in [0.2, 0.25) is 11.8 Å². The van der Waals surface area contributed by atoms with Crippen LogP contribution in [0.1, 0.15) is 159 Å². The summed E-state index contributed by atoms with van der Waals surface area (Å²) in [4.78, 5) is 132. The summed E-state index contributed by atoms with van der Waals surface area (Å²) in [6, 6.07) is 15.3. The predicted octanol–water partition coefficient (Wildman–Crippen LogP) is 10.3. The Morgan fingerprint density at radius 2 is 1.39 bits per heavy atom. The van der Waals surface area contributed by atoms with Crippen LogP contribution in [0.5, 0.6) is 5.75 Å². The number of aromatic nitrogens is 7. The molecule has 11 rings (SSSR count). The minimum Gasteiger partial charge on any atom is -0.508 e. The number of aromatic hydroxyl groups is 1. The second-order valence-electron chi connectivity index (χ2n) is 23.9. The van der Waals surface area contributed by atoms with Crippen LogP contribution in [0, 0.1) is 12.8 Å². The summed E-state index contributed by atoms with van der Waals surface area (Å²) in [5, 5.41) is 53.1. The summed E-state index contributed by atoms with van der Waals surface area (Å²) < 4.78 is 10.9. The highest BCUT2D eigenvalue weighted by Crippen LogP contribution is 2.43. The zero-order valence-electron chi connectivity index (χ0n) is 52.0. The smallest absolute Gasteiger partial charge is 0.407 e. The number of rotatable bonds is 15. The fourth-order valence-electron chi connectivity index (χ4n) is 10.9. The molecule has 7 atom stereocenters. The van der Waals surface area contributed by atoms with Gasteiger partial charge in [0.25, 0.3) is 11.8 Å². The molecule has 9 aromatic rings. The first kappa shape index (κ1) is 67.8. The molecule has 0 radical (unpaired) electrons. The van der Waals surface area contributed by atoms with Crippen molar-refractivity contribution >= 4 is 109 Å². The topological polar surface area (TPSA) is 354 Å². The summed E-state index contributed by atoms with van der Waals surface area (Å²) >= 11 is 7.13. The van der Waals surface area contributed by atoms with Crippen molar-refractivity contribution in [1.82, 2.24) is 55.7 Å². The van der Waals surface area contributed by atoms with Crippen LogP contribution in [-0.4, -0.2) is 127 Å². The Balaban J connectivity index is 0.928. The number of Topliss-reactive ketones (excluding diaryl/α,β-unsaturated/α-hetero) is 1. The standard InChI is InChI=1S/C65H66N12O12S6/c1-32-48(80)25-77-53(32)62-75-46(31-94-62)60-72-43(28-93-60)52-38(19-20-40(69-52)59-68-36(27-90-59)26-88-64(87)67-21-11-7-10-14-50(82)89-65(3,4)5)57-73-44(29-91-57)55(84)70-41(24-49(66)81)61-76-51(33(2)95-61)47(79)23-39(54(83)35-12-8-6-9-13-35)58-74-45(30-92-58)56(85)71-42(63(77)86)22-34-15-17-37(78)18-16-34/h6,8-9,12-13,15-20,27-32,39,41-42,48,53-54,78,80,83H,7,10-11,14,21-26H2,1-5H3,(H2,66,81)(H,67,87)(H,70,84)(H,71,85)/t32-,39-,41-,42-,48-,53-,54+/m0/s1. The van der Waals surface area contributed by atoms with E-state index in [1.165, 1.54) is 56.4 Å². The molecule has 0 unspecified atom stereocenters. The Morgan fingerprint density at radius 1 is 0.726 bits per heavy atom. The zero-order chi connectivity index (χ0) is 67.2. The lowest BCUT2D eigenvalue weighted by Crippen LogP contribution is -2.50. The Hall–Kier alpha value is -8.62. The van der Waals surface area contributed by atoms with E-state index in [9.17, 15) is 44.1 Å². The molecule has 24 nitrogen and oxygen atoms in total. The number of phenolic OH excluding ortho intramolecular Hbond substituents is 1. The third-order valence-electron chi connectivity index (χ3n) is 15.6. The molecule has 9 heterocycles. The second kappa shape index (κ2) is 29.6. The molecule has 7 aromatic heterocycles. The molecule has 494 valence electrons. The number of pyridine rings is 1. The molecule has 0 spiro atoms. The molecule has 2 aliphatic heterocycles. The Labute approximate surface area is 569 Å². The van der Waals surface area contributed by atoms with Crippen molar-refractivity contribution < 1.29 is 58.4 Å². The maximum atomic E-state index is 15.2. The van der Waals surface area contributed by atoms with Gasteiger partial charge in [-0.2, -0.15) is 0 Å². The van der Waals surface area contributed by atoms with Crippen molar-refractivity contribution in [3.63, 3.8) is 0 Å². The second-order valence-corrected chi connectivity index (χ2v) is 29.4. The fourth-order valence-corrected chi connectivity index (χ4v) is 16.3. The molecule has 5 amide bonds. The van der Waals surface area contributed by atoms with Crippen LogP contribution in [0.4, 0.5) is 4.79 Å². The van der Waals surface area contributed by atoms with Gasteiger partial charge in [0.1, 0.15) is 83.2 Å². The average Bonchev–Trinajstić information content (AvgIpc) is 1.65. The number of aryl methyl sites for hydroxylation is 1. The minimum absolute atomic E-state index is 0.000444. The van der Waals surface area contributed by atoms with E-state index in [4.69, 9.17) is 50.1 Å². The van der Waals surface area contributed by atoms with Gasteiger partial charge in [-0.15, -0.1) is 68.0 Å². The number of hydrogen-bond donors (Lipinski definition) is 7. The van der Waals surface area contributed by atoms with E-state index in [1.807, 2.05) is 33.1 Å². The van der Waals surface area contributed by atoms with Crippen LogP contribution in [0.15, 0.2) is 93.6 Å². The van der Waals surface area contributed by atoms with Crippen LogP contribution in [-0.2, 0) is 36.9 Å². The molecule has 0 aliphatic carbocycles. The van der Waals surface area contributed by atoms with Crippen LogP contribution in [0.25, 0.3) is 43.4 Å². The summed E-state index contributed by atoms with van der Waals surface area (Å²) in [5.74, 6) is -4.98. The maximum absolute atomic E-state index is 15.2. The number of thiazole rings is 6. The first-order valence-corrected chi connectivity index (χ1v) is 35.5. The molecule has 1 fully saturated rings. The Bertz CT molecular complexity index is 4290. The van der Waals surface area contributed by atoms with Gasteiger partial charge in [0, 0.05) is 81.5 Å². The van der Waals surface area contributed by atoms with E-state index in [2.05, 4.69) is 16.0 Å². The van der Waals surface area contributed by atoms with Crippen molar-refractivity contribution in [3.8, 4) is 49.1 Å². The van der Waals surface area contributed by atoms with Crippen LogP contribution in [0.3, 0.4) is 0 Å². The van der Waals surface area contributed by atoms with Gasteiger partial charge >= 0.3 is 12.1 Å². The number of benzene rings is 2. The molecule has 2 aromatic carbocycles. The number of primary amides is 1. The molecule has 8 N–H and O–H groups in total. The number of carbonyl (C=O) groups is 7. The number of nitrogens with zero attached hydrogens (tertiary/aromatic N) is 8. The summed E-state index contributed by atoms with van der Waals surface area (Å²) in [7, 11) is 0. The summed E-state index contributed by atoms with van der Waals surface area (Å²) in [5.41, 5.74) is 8.89. The number of amides is 5. The number of esters is 1. The van der Waals surface area contributed by atoms with Gasteiger partial charge < -0.3 is 51.4 Å². The van der Waals surface area contributed by atoms with Crippen LogP contribution in [0.2, 0.25) is 0 Å². The highest BCUT2D eigenvalue weighted by molar-refractivity contribution is 7.15. The number of unbranched alkanes of at least 4 members (excludes halogenated alkanes) is 2. The van der Waals surface area contributed by atoms with Crippen LogP contribution >= 0.6 is 68.0 Å². The van der Waals surface area contributed by atoms with E-state index in [1.54, 1.807) is 77.7 Å². The lowest BCUT2D eigenvalue weighted by Gasteiger charge is -2.29. The Kier molecular flexibility index (Phi) is 21.1. The molecule has 1 saturated heterocycles. The number of carbonyl (C=O) groups excluding carboxylic acids is 7. The number of phenols is 1. The van der Waals surface area contributed by atoms with Crippen molar-refractivity contribution in [3.05, 3.63) is 147 Å². The molecule has 95 heavy (non-hydrogen) atoms. The fraction of sp³-hybridized carbons (Fsp3) is 0.354. The quantitative estimate of drug-likeness (QED) is 0.0370. The van der Waals surface area contributed by atoms with E-state index in [0.29, 0.717) is 95.9 Å². The average molecular weight is 1400 g/mol. The van der Waals surface area contributed by atoms with E-state index in [-0.39, 0.29) is 77.7 Å². The number of nitrogens with two attached hydrogens (primary N) is 1. The summed E-state index contributed by atoms with van der Waals surface area (Å²) in [6.45, 7) is 9.09. The van der Waals surface area contributed by atoms with Gasteiger partial charge in [0.05, 0.1) is 47.1 Å². The number of ether oxygens (including phenoxy) is 2. The monoisotopic (exact) mass is 1400 g/mol. The number of nitrogens with one attached hydrogen (secondary N) is 3. The minimum atomic E-state index is -1.30. The predicted molar refractivity (Wildman–Crippen MR) is 360 cm³/mol. The van der Waals surface area contributed by atoms with E-state index < -0.39 is 83.3 Å². The molecule has 30 heteroatoms. The third kappa shape index (κ3) is 16.4. The molecular formula is C65H66N12O12S6. The third-order valence-corrected chi connectivity index (χ3v) is 21.3. The lowest BCUT2D eigenvalue weighted by molar-refractivity contribution is -0.155. The summed E-state index contributed by atoms with van der Waals surface area (Å²) in [6.07, 6.45) is -1.40. The molecule has 0 saturated carbocycles. The number of ketones is 1. The van der Waals surface area contributed by atoms with Gasteiger partial charge in [0.15, 0.2) is 5.78 Å².